The van der Waals surface area contributed by atoms with Crippen LogP contribution in [0.3, 0.4) is 0 Å². The molecular weight excluding hydrogens is 380 g/mol. The van der Waals surface area contributed by atoms with Crippen LogP contribution in [0, 0.1) is 24.2 Å². The Hall–Kier alpha value is -2.67. The van der Waals surface area contributed by atoms with Gasteiger partial charge in [0.15, 0.2) is 11.6 Å². The van der Waals surface area contributed by atoms with Crippen molar-refractivity contribution in [3.8, 4) is 0 Å². The van der Waals surface area contributed by atoms with Crippen molar-refractivity contribution in [2.24, 2.45) is 17.3 Å². The Morgan fingerprint density at radius 1 is 1.23 bits per heavy atom. The zero-order chi connectivity index (χ0) is 21.3. The minimum absolute atomic E-state index is 0.101. The summed E-state index contributed by atoms with van der Waals surface area (Å²) in [4.78, 5) is 34.1. The molecular formula is C23H30N4O3. The van der Waals surface area contributed by atoms with E-state index in [0.29, 0.717) is 43.7 Å². The van der Waals surface area contributed by atoms with Gasteiger partial charge in [0.2, 0.25) is 5.91 Å². The highest BCUT2D eigenvalue weighted by molar-refractivity contribution is 5.93. The molecule has 2 saturated heterocycles. The van der Waals surface area contributed by atoms with E-state index >= 15 is 0 Å². The molecule has 2 amide bonds. The van der Waals surface area contributed by atoms with Crippen LogP contribution in [0.25, 0.3) is 0 Å². The largest absolute Gasteiger partial charge is 0.448 e. The molecule has 1 N–H and O–H groups in total. The lowest BCUT2D eigenvalue weighted by Gasteiger charge is -2.50. The predicted molar refractivity (Wildman–Crippen MR) is 113 cm³/mol. The van der Waals surface area contributed by atoms with Gasteiger partial charge in [-0.2, -0.15) is 0 Å². The molecule has 30 heavy (non-hydrogen) atoms. The van der Waals surface area contributed by atoms with E-state index in [1.54, 1.807) is 11.8 Å². The summed E-state index contributed by atoms with van der Waals surface area (Å²) >= 11 is 0. The van der Waals surface area contributed by atoms with Crippen LogP contribution in [-0.2, 0) is 11.3 Å². The van der Waals surface area contributed by atoms with Crippen molar-refractivity contribution in [2.75, 3.05) is 32.7 Å². The minimum atomic E-state index is -0.204. The van der Waals surface area contributed by atoms with Crippen LogP contribution in [0.15, 0.2) is 41.0 Å². The lowest BCUT2D eigenvalue weighted by Crippen LogP contribution is -2.64. The third-order valence-corrected chi connectivity index (χ3v) is 6.11. The molecule has 7 heteroatoms. The second-order valence-electron chi connectivity index (χ2n) is 9.12. The fraction of sp³-hybridized carbons (Fsp3) is 0.522. The molecule has 2 aliphatic heterocycles. The molecule has 1 aromatic heterocycles. The second kappa shape index (κ2) is 8.22. The van der Waals surface area contributed by atoms with Crippen molar-refractivity contribution in [1.29, 1.82) is 0 Å². The normalized spacial score (nSPS) is 20.5. The van der Waals surface area contributed by atoms with Crippen LogP contribution >= 0.6 is 0 Å². The lowest BCUT2D eigenvalue weighted by molar-refractivity contribution is -0.131. The van der Waals surface area contributed by atoms with Gasteiger partial charge in [-0.25, -0.2) is 4.98 Å². The molecule has 160 valence electrons. The number of nitrogens with zero attached hydrogens (tertiary/aromatic N) is 3. The predicted octanol–water partition coefficient (Wildman–Crippen LogP) is 2.33. The van der Waals surface area contributed by atoms with Gasteiger partial charge in [0.25, 0.3) is 5.91 Å². The second-order valence-corrected chi connectivity index (χ2v) is 9.12. The van der Waals surface area contributed by atoms with Crippen molar-refractivity contribution >= 4 is 11.8 Å². The molecule has 2 aromatic rings. The van der Waals surface area contributed by atoms with Crippen LogP contribution < -0.4 is 5.32 Å². The third kappa shape index (κ3) is 4.12. The first-order chi connectivity index (χ1) is 14.4. The quantitative estimate of drug-likeness (QED) is 0.791. The first-order valence-electron chi connectivity index (χ1n) is 10.6. The number of hydrogen-bond donors (Lipinski definition) is 1. The van der Waals surface area contributed by atoms with Crippen molar-refractivity contribution in [3.63, 3.8) is 0 Å². The molecule has 1 unspecified atom stereocenters. The lowest BCUT2D eigenvalue weighted by atomic mass is 9.71. The Morgan fingerprint density at radius 2 is 1.97 bits per heavy atom. The molecule has 2 aliphatic rings. The molecule has 4 rings (SSSR count). The summed E-state index contributed by atoms with van der Waals surface area (Å²) in [5.41, 5.74) is 1.37. The van der Waals surface area contributed by atoms with Gasteiger partial charge in [0.1, 0.15) is 6.26 Å². The van der Waals surface area contributed by atoms with Crippen LogP contribution in [0.4, 0.5) is 0 Å². The summed E-state index contributed by atoms with van der Waals surface area (Å²) in [5.74, 6) is 0.739. The highest BCUT2D eigenvalue weighted by Gasteiger charge is 2.57. The fourth-order valence-electron chi connectivity index (χ4n) is 4.62. The summed E-state index contributed by atoms with van der Waals surface area (Å²) in [6.45, 7) is 10.1. The molecule has 7 nitrogen and oxygen atoms in total. The summed E-state index contributed by atoms with van der Waals surface area (Å²) in [5, 5.41) is 3.11. The van der Waals surface area contributed by atoms with Crippen LogP contribution in [0.2, 0.25) is 0 Å². The SMILES string of the molecule is Cc1nc(C(=O)N2CC3(CN(Cc4ccccc4)CC3C(=O)NCC(C)C)C2)co1. The number of carbonyl (C=O) groups excluding carboxylic acids is 2. The van der Waals surface area contributed by atoms with Crippen molar-refractivity contribution in [1.82, 2.24) is 20.1 Å². The maximum absolute atomic E-state index is 13.0. The van der Waals surface area contributed by atoms with E-state index in [2.05, 4.69) is 41.2 Å². The fourth-order valence-corrected chi connectivity index (χ4v) is 4.62. The van der Waals surface area contributed by atoms with E-state index in [0.717, 1.165) is 13.1 Å². The average Bonchev–Trinajstić information content (AvgIpc) is 3.29. The number of likely N-dealkylation sites (tertiary alicyclic amines) is 2. The molecule has 1 spiro atoms. The van der Waals surface area contributed by atoms with E-state index in [-0.39, 0.29) is 23.1 Å². The van der Waals surface area contributed by atoms with Gasteiger partial charge in [0, 0.05) is 51.6 Å². The monoisotopic (exact) mass is 410 g/mol. The standard InChI is InChI=1S/C23H30N4O3/c1-16(2)9-24-21(28)19-11-26(10-18-7-5-4-6-8-18)13-23(19)14-27(15-23)22(29)20-12-30-17(3)25-20/h4-8,12,16,19H,9-11,13-15H2,1-3H3,(H,24,28). The van der Waals surface area contributed by atoms with Crippen molar-refractivity contribution < 1.29 is 14.0 Å². The molecule has 1 atom stereocenters. The third-order valence-electron chi connectivity index (χ3n) is 6.11. The molecule has 2 fully saturated rings. The highest BCUT2D eigenvalue weighted by atomic mass is 16.3. The molecule has 3 heterocycles. The van der Waals surface area contributed by atoms with E-state index < -0.39 is 0 Å². The zero-order valence-corrected chi connectivity index (χ0v) is 17.9. The van der Waals surface area contributed by atoms with Crippen LogP contribution in [-0.4, -0.2) is 59.3 Å². The average molecular weight is 411 g/mol. The summed E-state index contributed by atoms with van der Waals surface area (Å²) in [6, 6.07) is 10.3. The number of aromatic nitrogens is 1. The Labute approximate surface area is 177 Å². The van der Waals surface area contributed by atoms with E-state index in [9.17, 15) is 9.59 Å². The number of benzene rings is 1. The van der Waals surface area contributed by atoms with Gasteiger partial charge in [-0.1, -0.05) is 44.2 Å². The highest BCUT2D eigenvalue weighted by Crippen LogP contribution is 2.45. The van der Waals surface area contributed by atoms with Crippen LogP contribution in [0.5, 0.6) is 0 Å². The van der Waals surface area contributed by atoms with E-state index in [4.69, 9.17) is 4.42 Å². The van der Waals surface area contributed by atoms with Crippen LogP contribution in [0.1, 0.15) is 35.8 Å². The topological polar surface area (TPSA) is 78.7 Å². The summed E-state index contributed by atoms with van der Waals surface area (Å²) < 4.78 is 5.19. The molecule has 0 saturated carbocycles. The molecule has 0 aliphatic carbocycles. The van der Waals surface area contributed by atoms with Gasteiger partial charge in [-0.3, -0.25) is 14.5 Å². The number of amides is 2. The van der Waals surface area contributed by atoms with Gasteiger partial charge in [0.05, 0.1) is 5.92 Å². The van der Waals surface area contributed by atoms with Gasteiger partial charge >= 0.3 is 0 Å². The van der Waals surface area contributed by atoms with Gasteiger partial charge in [-0.05, 0) is 11.5 Å². The molecule has 0 bridgehead atoms. The number of hydrogen-bond acceptors (Lipinski definition) is 5. The Bertz CT molecular complexity index is 902. The Morgan fingerprint density at radius 3 is 2.60 bits per heavy atom. The van der Waals surface area contributed by atoms with Crippen molar-refractivity contribution in [3.05, 3.63) is 53.7 Å². The van der Waals surface area contributed by atoms with Gasteiger partial charge < -0.3 is 14.6 Å². The molecule has 1 aromatic carbocycles. The first-order valence-corrected chi connectivity index (χ1v) is 10.6. The number of aryl methyl sites for hydroxylation is 1. The number of nitrogens with one attached hydrogen (secondary N) is 1. The zero-order valence-electron chi connectivity index (χ0n) is 17.9. The number of carbonyl (C=O) groups is 2. The number of rotatable bonds is 6. The van der Waals surface area contributed by atoms with E-state index in [1.807, 2.05) is 18.2 Å². The maximum atomic E-state index is 13.0. The van der Waals surface area contributed by atoms with Crippen molar-refractivity contribution in [2.45, 2.75) is 27.3 Å². The summed E-state index contributed by atoms with van der Waals surface area (Å²) in [6.07, 6.45) is 1.41. The minimum Gasteiger partial charge on any atom is -0.448 e. The summed E-state index contributed by atoms with van der Waals surface area (Å²) in [7, 11) is 0. The maximum Gasteiger partial charge on any atom is 0.275 e. The first kappa shape index (κ1) is 20.6. The van der Waals surface area contributed by atoms with E-state index in [1.165, 1.54) is 11.8 Å². The smallest absolute Gasteiger partial charge is 0.275 e. The Kier molecular flexibility index (Phi) is 5.64. The molecule has 0 radical (unpaired) electrons. The van der Waals surface area contributed by atoms with Gasteiger partial charge in [-0.15, -0.1) is 0 Å². The Balaban J connectivity index is 1.47. The number of oxazole rings is 1.